The maximum absolute atomic E-state index is 8.97. The zero-order chi connectivity index (χ0) is 15.2. The van der Waals surface area contributed by atoms with E-state index in [-0.39, 0.29) is 0 Å². The van der Waals surface area contributed by atoms with Crippen molar-refractivity contribution in [2.24, 2.45) is 0 Å². The predicted molar refractivity (Wildman–Crippen MR) is 81.5 cm³/mol. The van der Waals surface area contributed by atoms with E-state index in [0.717, 1.165) is 29.9 Å². The third-order valence-electron chi connectivity index (χ3n) is 3.10. The number of hydrogen-bond donors (Lipinski definition) is 1. The number of anilines is 1. The first-order valence-corrected chi connectivity index (χ1v) is 6.89. The van der Waals surface area contributed by atoms with Crippen LogP contribution in [-0.4, -0.2) is 16.5 Å². The molecule has 1 heterocycles. The summed E-state index contributed by atoms with van der Waals surface area (Å²) in [6, 6.07) is 7.46. The van der Waals surface area contributed by atoms with Crippen LogP contribution >= 0.6 is 0 Å². The molecule has 0 unspecified atom stereocenters. The van der Waals surface area contributed by atoms with Crippen LogP contribution in [0.25, 0.3) is 0 Å². The van der Waals surface area contributed by atoms with Crippen molar-refractivity contribution in [2.45, 2.75) is 27.2 Å². The first-order chi connectivity index (χ1) is 10.2. The lowest BCUT2D eigenvalue weighted by Gasteiger charge is -2.13. The number of aryl methyl sites for hydroxylation is 1. The second-order valence-corrected chi connectivity index (χ2v) is 4.77. The van der Waals surface area contributed by atoms with Crippen LogP contribution in [0.4, 0.5) is 5.82 Å². The molecule has 0 fully saturated rings. The van der Waals surface area contributed by atoms with Crippen LogP contribution in [0.15, 0.2) is 24.5 Å². The number of rotatable bonds is 5. The molecule has 0 atom stereocenters. The van der Waals surface area contributed by atoms with E-state index in [1.165, 1.54) is 6.33 Å². The molecule has 0 amide bonds. The lowest BCUT2D eigenvalue weighted by Crippen LogP contribution is -2.05. The van der Waals surface area contributed by atoms with Crippen LogP contribution in [-0.2, 0) is 0 Å². The highest BCUT2D eigenvalue weighted by atomic mass is 16.5. The van der Waals surface area contributed by atoms with Crippen molar-refractivity contribution >= 4 is 5.82 Å². The smallest absolute Gasteiger partial charge is 0.227 e. The van der Waals surface area contributed by atoms with E-state index < -0.39 is 0 Å². The summed E-state index contributed by atoms with van der Waals surface area (Å²) in [6.45, 7) is 6.79. The third-order valence-corrected chi connectivity index (χ3v) is 3.10. The number of aromatic nitrogens is 2. The fourth-order valence-corrected chi connectivity index (χ4v) is 1.84. The minimum atomic E-state index is 0.502. The standard InChI is InChI=1S/C16H18N4O/c1-4-7-18-15-12(3)16(20-10-19-15)21-14-8-13(9-17)6-5-11(14)2/h5-6,8,10H,4,7H2,1-3H3,(H,18,19,20). The van der Waals surface area contributed by atoms with Gasteiger partial charge in [0.2, 0.25) is 5.88 Å². The first-order valence-electron chi connectivity index (χ1n) is 6.89. The lowest BCUT2D eigenvalue weighted by molar-refractivity contribution is 0.454. The van der Waals surface area contributed by atoms with Crippen LogP contribution in [0.1, 0.15) is 30.0 Å². The monoisotopic (exact) mass is 282 g/mol. The Labute approximate surface area is 124 Å². The molecule has 21 heavy (non-hydrogen) atoms. The Morgan fingerprint density at radius 1 is 1.29 bits per heavy atom. The van der Waals surface area contributed by atoms with Gasteiger partial charge in [0.15, 0.2) is 0 Å². The summed E-state index contributed by atoms with van der Waals surface area (Å²) in [5.74, 6) is 1.91. The van der Waals surface area contributed by atoms with E-state index in [1.54, 1.807) is 12.1 Å². The molecule has 2 rings (SSSR count). The van der Waals surface area contributed by atoms with Crippen molar-refractivity contribution in [1.29, 1.82) is 5.26 Å². The van der Waals surface area contributed by atoms with Crippen molar-refractivity contribution in [1.82, 2.24) is 9.97 Å². The molecule has 0 saturated heterocycles. The van der Waals surface area contributed by atoms with Crippen LogP contribution in [0.3, 0.4) is 0 Å². The topological polar surface area (TPSA) is 70.8 Å². The maximum Gasteiger partial charge on any atom is 0.227 e. The minimum Gasteiger partial charge on any atom is -0.438 e. The van der Waals surface area contributed by atoms with Gasteiger partial charge in [0.1, 0.15) is 17.9 Å². The van der Waals surface area contributed by atoms with Gasteiger partial charge < -0.3 is 10.1 Å². The van der Waals surface area contributed by atoms with Gasteiger partial charge in [-0.05, 0) is 38.0 Å². The molecule has 0 aliphatic carbocycles. The Morgan fingerprint density at radius 2 is 2.10 bits per heavy atom. The van der Waals surface area contributed by atoms with Gasteiger partial charge in [-0.3, -0.25) is 0 Å². The van der Waals surface area contributed by atoms with Crippen molar-refractivity contribution in [3.63, 3.8) is 0 Å². The maximum atomic E-state index is 8.97. The largest absolute Gasteiger partial charge is 0.438 e. The minimum absolute atomic E-state index is 0.502. The van der Waals surface area contributed by atoms with Gasteiger partial charge in [-0.25, -0.2) is 9.97 Å². The molecule has 1 N–H and O–H groups in total. The third kappa shape index (κ3) is 3.48. The zero-order valence-electron chi connectivity index (χ0n) is 12.5. The fraction of sp³-hybridized carbons (Fsp3) is 0.312. The Hall–Kier alpha value is -2.61. The van der Waals surface area contributed by atoms with Crippen molar-refractivity contribution < 1.29 is 4.74 Å². The van der Waals surface area contributed by atoms with E-state index >= 15 is 0 Å². The molecule has 0 bridgehead atoms. The van der Waals surface area contributed by atoms with Gasteiger partial charge in [0, 0.05) is 6.54 Å². The molecular weight excluding hydrogens is 264 g/mol. The van der Waals surface area contributed by atoms with Crippen LogP contribution in [0.5, 0.6) is 11.6 Å². The summed E-state index contributed by atoms with van der Waals surface area (Å²) < 4.78 is 5.86. The van der Waals surface area contributed by atoms with Gasteiger partial charge in [0.25, 0.3) is 0 Å². The van der Waals surface area contributed by atoms with Crippen molar-refractivity contribution in [2.75, 3.05) is 11.9 Å². The molecule has 5 heteroatoms. The lowest BCUT2D eigenvalue weighted by atomic mass is 10.1. The van der Waals surface area contributed by atoms with Gasteiger partial charge in [-0.2, -0.15) is 5.26 Å². The van der Waals surface area contributed by atoms with Gasteiger partial charge in [-0.1, -0.05) is 13.0 Å². The molecule has 1 aromatic carbocycles. The molecule has 108 valence electrons. The van der Waals surface area contributed by atoms with Crippen LogP contribution < -0.4 is 10.1 Å². The normalized spacial score (nSPS) is 10.0. The molecule has 0 radical (unpaired) electrons. The van der Waals surface area contributed by atoms with Crippen LogP contribution in [0, 0.1) is 25.2 Å². The summed E-state index contributed by atoms with van der Waals surface area (Å²) in [5.41, 5.74) is 2.37. The van der Waals surface area contributed by atoms with Crippen LogP contribution in [0.2, 0.25) is 0 Å². The SMILES string of the molecule is CCCNc1ncnc(Oc2cc(C#N)ccc2C)c1C. The highest BCUT2D eigenvalue weighted by Gasteiger charge is 2.10. The van der Waals surface area contributed by atoms with E-state index in [9.17, 15) is 0 Å². The van der Waals surface area contributed by atoms with Gasteiger partial charge in [-0.15, -0.1) is 0 Å². The predicted octanol–water partition coefficient (Wildman–Crippen LogP) is 3.58. The first kappa shape index (κ1) is 14.8. The summed E-state index contributed by atoms with van der Waals surface area (Å²) in [7, 11) is 0. The highest BCUT2D eigenvalue weighted by molar-refractivity contribution is 5.50. The number of nitrogens with one attached hydrogen (secondary N) is 1. The Bertz CT molecular complexity index is 676. The van der Waals surface area contributed by atoms with E-state index in [1.807, 2.05) is 19.9 Å². The van der Waals surface area contributed by atoms with E-state index in [2.05, 4.69) is 28.3 Å². The molecule has 2 aromatic rings. The number of nitrogens with zero attached hydrogens (tertiary/aromatic N) is 3. The van der Waals surface area contributed by atoms with Crippen molar-refractivity contribution in [3.8, 4) is 17.7 Å². The molecule has 0 spiro atoms. The number of ether oxygens (including phenoxy) is 1. The average Bonchev–Trinajstić information content (AvgIpc) is 2.50. The second-order valence-electron chi connectivity index (χ2n) is 4.77. The molecule has 1 aromatic heterocycles. The molecular formula is C16H18N4O. The molecule has 5 nitrogen and oxygen atoms in total. The summed E-state index contributed by atoms with van der Waals surface area (Å²) >= 11 is 0. The number of nitriles is 1. The van der Waals surface area contributed by atoms with Crippen molar-refractivity contribution in [3.05, 3.63) is 41.2 Å². The van der Waals surface area contributed by atoms with E-state index in [0.29, 0.717) is 17.2 Å². The summed E-state index contributed by atoms with van der Waals surface area (Å²) in [4.78, 5) is 8.40. The summed E-state index contributed by atoms with van der Waals surface area (Å²) in [6.07, 6.45) is 2.49. The second kappa shape index (κ2) is 6.71. The average molecular weight is 282 g/mol. The number of benzene rings is 1. The summed E-state index contributed by atoms with van der Waals surface area (Å²) in [5, 5.41) is 12.2. The molecule has 0 aliphatic rings. The number of hydrogen-bond acceptors (Lipinski definition) is 5. The molecule has 0 saturated carbocycles. The Morgan fingerprint density at radius 3 is 2.81 bits per heavy atom. The molecule has 0 aliphatic heterocycles. The van der Waals surface area contributed by atoms with Gasteiger partial charge in [0.05, 0.1) is 17.2 Å². The Balaban J connectivity index is 2.30. The van der Waals surface area contributed by atoms with Gasteiger partial charge >= 0.3 is 0 Å². The quantitative estimate of drug-likeness (QED) is 0.907. The Kier molecular flexibility index (Phi) is 4.72. The van der Waals surface area contributed by atoms with E-state index in [4.69, 9.17) is 10.00 Å². The zero-order valence-corrected chi connectivity index (χ0v) is 12.5. The highest BCUT2D eigenvalue weighted by Crippen LogP contribution is 2.28. The fourth-order valence-electron chi connectivity index (χ4n) is 1.84.